The molecule has 0 saturated heterocycles. The molecular weight excluding hydrogens is 500 g/mol. The molecular formula is C33H32N4O3. The number of amides is 2. The second-order valence-electron chi connectivity index (χ2n) is 9.93. The number of pyridine rings is 2. The maximum Gasteiger partial charge on any atom is 0.251 e. The summed E-state index contributed by atoms with van der Waals surface area (Å²) in [4.78, 5) is 35.8. The molecule has 1 aliphatic heterocycles. The Morgan fingerprint density at radius 2 is 2.00 bits per heavy atom. The minimum absolute atomic E-state index is 0.0194. The monoisotopic (exact) mass is 532 g/mol. The fourth-order valence-corrected chi connectivity index (χ4v) is 4.65. The van der Waals surface area contributed by atoms with Gasteiger partial charge in [0.2, 0.25) is 5.91 Å². The van der Waals surface area contributed by atoms with E-state index in [-0.39, 0.29) is 24.3 Å². The molecule has 1 unspecified atom stereocenters. The Kier molecular flexibility index (Phi) is 8.18. The predicted octanol–water partition coefficient (Wildman–Crippen LogP) is 5.63. The average molecular weight is 533 g/mol. The number of anilines is 1. The van der Waals surface area contributed by atoms with Crippen LogP contribution in [0.25, 0.3) is 22.2 Å². The van der Waals surface area contributed by atoms with E-state index in [9.17, 15) is 9.59 Å². The van der Waals surface area contributed by atoms with Crippen LogP contribution in [0.4, 0.5) is 5.69 Å². The van der Waals surface area contributed by atoms with Crippen molar-refractivity contribution in [2.24, 2.45) is 0 Å². The molecule has 1 N–H and O–H groups in total. The quantitative estimate of drug-likeness (QED) is 0.326. The van der Waals surface area contributed by atoms with Gasteiger partial charge in [0, 0.05) is 48.8 Å². The third kappa shape index (κ3) is 6.03. The smallest absolute Gasteiger partial charge is 0.251 e. The first-order chi connectivity index (χ1) is 19.4. The van der Waals surface area contributed by atoms with E-state index in [4.69, 9.17) is 9.72 Å². The zero-order valence-electron chi connectivity index (χ0n) is 23.0. The number of carbonyl (C=O) groups is 2. The van der Waals surface area contributed by atoms with Gasteiger partial charge in [0.25, 0.3) is 5.91 Å². The summed E-state index contributed by atoms with van der Waals surface area (Å²) in [5.41, 5.74) is 6.75. The number of hydrogen-bond donors (Lipinski definition) is 1. The van der Waals surface area contributed by atoms with Gasteiger partial charge in [-0.25, -0.2) is 4.98 Å². The fraction of sp³-hybridized carbons (Fsp3) is 0.273. The van der Waals surface area contributed by atoms with Gasteiger partial charge in [-0.2, -0.15) is 0 Å². The van der Waals surface area contributed by atoms with Gasteiger partial charge in [-0.15, -0.1) is 5.92 Å². The summed E-state index contributed by atoms with van der Waals surface area (Å²) >= 11 is 0. The molecule has 2 aromatic carbocycles. The molecule has 3 heterocycles. The highest BCUT2D eigenvalue weighted by atomic mass is 16.5. The van der Waals surface area contributed by atoms with Crippen LogP contribution in [0.5, 0.6) is 0 Å². The molecule has 0 bridgehead atoms. The zero-order valence-corrected chi connectivity index (χ0v) is 23.0. The number of benzene rings is 2. The molecule has 0 aliphatic carbocycles. The maximum atomic E-state index is 13.1. The van der Waals surface area contributed by atoms with Crippen LogP contribution < -0.4 is 10.2 Å². The molecule has 2 aromatic heterocycles. The molecule has 202 valence electrons. The molecule has 0 fully saturated rings. The fourth-order valence-electron chi connectivity index (χ4n) is 4.65. The van der Waals surface area contributed by atoms with Crippen molar-refractivity contribution in [1.29, 1.82) is 0 Å². The Hall–Kier alpha value is -4.54. The summed E-state index contributed by atoms with van der Waals surface area (Å²) < 4.78 is 5.71. The van der Waals surface area contributed by atoms with Crippen molar-refractivity contribution < 1.29 is 14.3 Å². The van der Waals surface area contributed by atoms with Gasteiger partial charge >= 0.3 is 0 Å². The average Bonchev–Trinajstić information content (AvgIpc) is 2.99. The van der Waals surface area contributed by atoms with Crippen LogP contribution in [0.2, 0.25) is 0 Å². The Labute approximate surface area is 234 Å². The van der Waals surface area contributed by atoms with Gasteiger partial charge in [0.15, 0.2) is 0 Å². The lowest BCUT2D eigenvalue weighted by Gasteiger charge is -2.22. The first-order valence-electron chi connectivity index (χ1n) is 13.5. The number of nitrogens with one attached hydrogen (secondary N) is 1. The van der Waals surface area contributed by atoms with Crippen molar-refractivity contribution in [3.63, 3.8) is 0 Å². The molecule has 5 rings (SSSR count). The van der Waals surface area contributed by atoms with Crippen molar-refractivity contribution in [1.82, 2.24) is 15.3 Å². The Balaban J connectivity index is 1.32. The molecule has 1 atom stereocenters. The number of ether oxygens (including phenoxy) is 1. The standard InChI is InChI=1S/C33H32N4O3/c1-4-5-6-8-26-20-40-21-27-12-11-24(16-30(26)27)33(39)35-19-28-17-32-25(18-34-28)13-14-31(36-32)23-9-7-10-29(15-23)37(3)22(2)38/h7,9-18,26H,4-5,19-21H2,1-3H3,(H,35,39). The van der Waals surface area contributed by atoms with Crippen molar-refractivity contribution in [3.8, 4) is 23.1 Å². The Bertz CT molecular complexity index is 1640. The number of unbranched alkanes of at least 4 members (excludes halogenated alkanes) is 1. The highest BCUT2D eigenvalue weighted by Crippen LogP contribution is 2.28. The second-order valence-corrected chi connectivity index (χ2v) is 9.93. The SMILES string of the molecule is CCCC#CC1COCc2ccc(C(=O)NCc3cc4nc(-c5cccc(N(C)C(C)=O)c5)ccc4cn3)cc21. The second kappa shape index (κ2) is 12.1. The van der Waals surface area contributed by atoms with E-state index in [0.29, 0.717) is 24.5 Å². The number of aromatic nitrogens is 2. The largest absolute Gasteiger partial charge is 0.375 e. The molecule has 7 heteroatoms. The van der Waals surface area contributed by atoms with Gasteiger partial charge in [0.05, 0.1) is 42.6 Å². The van der Waals surface area contributed by atoms with E-state index in [1.807, 2.05) is 60.7 Å². The molecule has 0 saturated carbocycles. The summed E-state index contributed by atoms with van der Waals surface area (Å²) in [5, 5.41) is 3.90. The minimum Gasteiger partial charge on any atom is -0.375 e. The highest BCUT2D eigenvalue weighted by Gasteiger charge is 2.21. The molecule has 0 spiro atoms. The van der Waals surface area contributed by atoms with Crippen molar-refractivity contribution in [2.75, 3.05) is 18.6 Å². The number of fused-ring (bicyclic) bond motifs is 2. The number of hydrogen-bond acceptors (Lipinski definition) is 5. The molecule has 7 nitrogen and oxygen atoms in total. The van der Waals surface area contributed by atoms with Crippen LogP contribution in [0, 0.1) is 11.8 Å². The number of nitrogens with zero attached hydrogens (tertiary/aromatic N) is 3. The summed E-state index contributed by atoms with van der Waals surface area (Å²) in [6.07, 6.45) is 3.64. The third-order valence-corrected chi connectivity index (χ3v) is 7.04. The lowest BCUT2D eigenvalue weighted by Crippen LogP contribution is -2.24. The van der Waals surface area contributed by atoms with Crippen LogP contribution in [0.1, 0.15) is 59.8 Å². The summed E-state index contributed by atoms with van der Waals surface area (Å²) in [6.45, 7) is 5.00. The van der Waals surface area contributed by atoms with Gasteiger partial charge in [-0.05, 0) is 60.0 Å². The van der Waals surface area contributed by atoms with Crippen LogP contribution in [0.15, 0.2) is 66.9 Å². The molecule has 4 aromatic rings. The number of rotatable bonds is 6. The van der Waals surface area contributed by atoms with Crippen LogP contribution in [-0.4, -0.2) is 35.4 Å². The van der Waals surface area contributed by atoms with Crippen molar-refractivity contribution in [3.05, 3.63) is 89.2 Å². The highest BCUT2D eigenvalue weighted by molar-refractivity contribution is 5.94. The minimum atomic E-state index is -0.162. The van der Waals surface area contributed by atoms with Gasteiger partial charge in [-0.1, -0.05) is 31.0 Å². The molecule has 40 heavy (non-hydrogen) atoms. The lowest BCUT2D eigenvalue weighted by molar-refractivity contribution is -0.116. The molecule has 2 amide bonds. The third-order valence-electron chi connectivity index (χ3n) is 7.04. The topological polar surface area (TPSA) is 84.4 Å². The van der Waals surface area contributed by atoms with Crippen LogP contribution in [-0.2, 0) is 22.7 Å². The maximum absolute atomic E-state index is 13.1. The zero-order chi connectivity index (χ0) is 28.1. The van der Waals surface area contributed by atoms with E-state index in [1.54, 1.807) is 18.1 Å². The molecule has 1 aliphatic rings. The van der Waals surface area contributed by atoms with Crippen molar-refractivity contribution in [2.45, 2.75) is 45.8 Å². The summed E-state index contributed by atoms with van der Waals surface area (Å²) in [7, 11) is 1.75. The van der Waals surface area contributed by atoms with E-state index in [2.05, 4.69) is 29.1 Å². The summed E-state index contributed by atoms with van der Waals surface area (Å²) in [6, 6.07) is 19.3. The lowest BCUT2D eigenvalue weighted by atomic mass is 9.91. The first-order valence-corrected chi connectivity index (χ1v) is 13.5. The van der Waals surface area contributed by atoms with Crippen LogP contribution >= 0.6 is 0 Å². The first kappa shape index (κ1) is 27.0. The van der Waals surface area contributed by atoms with E-state index < -0.39 is 0 Å². The van der Waals surface area contributed by atoms with Gasteiger partial charge < -0.3 is 15.0 Å². The van der Waals surface area contributed by atoms with Gasteiger partial charge in [-0.3, -0.25) is 14.6 Å². The predicted molar refractivity (Wildman–Crippen MR) is 157 cm³/mol. The van der Waals surface area contributed by atoms with Crippen LogP contribution in [0.3, 0.4) is 0 Å². The van der Waals surface area contributed by atoms with E-state index in [0.717, 1.165) is 51.8 Å². The summed E-state index contributed by atoms with van der Waals surface area (Å²) in [5.74, 6) is 6.31. The normalized spacial score (nSPS) is 14.1. The Morgan fingerprint density at radius 3 is 2.83 bits per heavy atom. The number of carbonyl (C=O) groups excluding carboxylic acids is 2. The van der Waals surface area contributed by atoms with E-state index >= 15 is 0 Å². The van der Waals surface area contributed by atoms with Gasteiger partial charge in [0.1, 0.15) is 0 Å². The Morgan fingerprint density at radius 1 is 1.12 bits per heavy atom. The molecule has 0 radical (unpaired) electrons. The van der Waals surface area contributed by atoms with Crippen molar-refractivity contribution >= 4 is 28.4 Å². The van der Waals surface area contributed by atoms with E-state index in [1.165, 1.54) is 6.92 Å².